The number of nitrogens with one attached hydrogen (secondary N) is 1. The molecule has 2 heterocycles. The molecule has 6 nitrogen and oxygen atoms in total. The Labute approximate surface area is 151 Å². The Morgan fingerprint density at radius 1 is 1.17 bits per heavy atom. The van der Waals surface area contributed by atoms with E-state index in [4.69, 9.17) is 17.3 Å². The van der Waals surface area contributed by atoms with Crippen molar-refractivity contribution in [2.45, 2.75) is 9.79 Å². The summed E-state index contributed by atoms with van der Waals surface area (Å²) in [5.41, 5.74) is 7.06. The summed E-state index contributed by atoms with van der Waals surface area (Å²) in [5, 5.41) is 7.00. The van der Waals surface area contributed by atoms with Crippen LogP contribution in [0, 0.1) is 0 Å². The number of nitrogens with two attached hydrogens (primary N) is 1. The first-order chi connectivity index (χ1) is 11.4. The number of nitrogens with zero attached hydrogens (tertiary/aromatic N) is 2. The van der Waals surface area contributed by atoms with Crippen molar-refractivity contribution in [3.63, 3.8) is 0 Å². The van der Waals surface area contributed by atoms with E-state index in [-0.39, 0.29) is 21.4 Å². The molecule has 2 aromatic carbocycles. The van der Waals surface area contributed by atoms with Crippen LogP contribution in [-0.2, 0) is 9.84 Å². The van der Waals surface area contributed by atoms with Gasteiger partial charge in [-0.2, -0.15) is 5.10 Å². The Balaban J connectivity index is 2.08. The molecule has 1 aliphatic rings. The minimum absolute atomic E-state index is 0.00210. The van der Waals surface area contributed by atoms with Crippen LogP contribution in [0.4, 0.5) is 23.0 Å². The third-order valence-corrected chi connectivity index (χ3v) is 6.36. The topological polar surface area (TPSA) is 92.1 Å². The number of fused-ring (bicyclic) bond motifs is 2. The highest BCUT2D eigenvalue weighted by molar-refractivity contribution is 9.10. The Kier molecular flexibility index (Phi) is 3.38. The Hall–Kier alpha value is -2.03. The van der Waals surface area contributed by atoms with E-state index in [1.165, 1.54) is 6.07 Å². The molecule has 0 amide bonds. The highest BCUT2D eigenvalue weighted by Crippen LogP contribution is 2.49. The fourth-order valence-corrected chi connectivity index (χ4v) is 4.87. The molecule has 1 aliphatic heterocycles. The molecule has 0 aliphatic carbocycles. The quantitative estimate of drug-likeness (QED) is 0.480. The summed E-state index contributed by atoms with van der Waals surface area (Å²) < 4.78 is 26.8. The van der Waals surface area contributed by atoms with Gasteiger partial charge in [0.1, 0.15) is 5.82 Å². The summed E-state index contributed by atoms with van der Waals surface area (Å²) >= 11 is 9.41. The predicted molar refractivity (Wildman–Crippen MR) is 95.8 cm³/mol. The molecule has 3 aromatic rings. The van der Waals surface area contributed by atoms with E-state index in [1.807, 2.05) is 24.3 Å². The van der Waals surface area contributed by atoms with E-state index in [9.17, 15) is 8.42 Å². The van der Waals surface area contributed by atoms with Gasteiger partial charge in [0.15, 0.2) is 10.7 Å². The molecule has 0 atom stereocenters. The SMILES string of the molecule is Nc1[nH]nc2c1S(=O)(=O)c1cc(Cl)ccc1N2c1ccc(Br)cc1. The number of aromatic nitrogens is 2. The number of halogens is 2. The van der Waals surface area contributed by atoms with Crippen LogP contribution in [0.1, 0.15) is 0 Å². The van der Waals surface area contributed by atoms with Crippen LogP contribution in [0.5, 0.6) is 0 Å². The van der Waals surface area contributed by atoms with E-state index < -0.39 is 9.84 Å². The molecule has 0 bridgehead atoms. The van der Waals surface area contributed by atoms with Gasteiger partial charge in [-0.15, -0.1) is 0 Å². The van der Waals surface area contributed by atoms with Gasteiger partial charge in [0.2, 0.25) is 9.84 Å². The van der Waals surface area contributed by atoms with E-state index in [0.717, 1.165) is 10.2 Å². The van der Waals surface area contributed by atoms with Gasteiger partial charge in [-0.3, -0.25) is 10.00 Å². The van der Waals surface area contributed by atoms with Crippen LogP contribution >= 0.6 is 27.5 Å². The Bertz CT molecular complexity index is 1060. The molecule has 0 unspecified atom stereocenters. The lowest BCUT2D eigenvalue weighted by Crippen LogP contribution is -2.22. The second kappa shape index (κ2) is 5.23. The lowest BCUT2D eigenvalue weighted by Gasteiger charge is -2.29. The molecule has 122 valence electrons. The zero-order valence-corrected chi connectivity index (χ0v) is 15.2. The summed E-state index contributed by atoms with van der Waals surface area (Å²) in [5.74, 6) is 0.238. The van der Waals surface area contributed by atoms with E-state index in [2.05, 4.69) is 26.1 Å². The largest absolute Gasteiger partial charge is 0.383 e. The average Bonchev–Trinajstić information content (AvgIpc) is 2.93. The highest BCUT2D eigenvalue weighted by atomic mass is 79.9. The van der Waals surface area contributed by atoms with Crippen LogP contribution in [0.2, 0.25) is 5.02 Å². The van der Waals surface area contributed by atoms with Crippen molar-refractivity contribution in [3.8, 4) is 0 Å². The van der Waals surface area contributed by atoms with Gasteiger partial charge in [0.05, 0.1) is 10.6 Å². The van der Waals surface area contributed by atoms with Crippen molar-refractivity contribution < 1.29 is 8.42 Å². The van der Waals surface area contributed by atoms with Crippen LogP contribution < -0.4 is 10.6 Å². The van der Waals surface area contributed by atoms with Crippen LogP contribution in [0.15, 0.2) is 56.7 Å². The number of benzene rings is 2. The van der Waals surface area contributed by atoms with E-state index >= 15 is 0 Å². The third kappa shape index (κ3) is 2.14. The van der Waals surface area contributed by atoms with E-state index in [0.29, 0.717) is 10.7 Å². The first kappa shape index (κ1) is 15.5. The lowest BCUT2D eigenvalue weighted by atomic mass is 10.2. The number of sulfone groups is 1. The highest BCUT2D eigenvalue weighted by Gasteiger charge is 2.39. The smallest absolute Gasteiger partial charge is 0.216 e. The normalized spacial score (nSPS) is 15.0. The van der Waals surface area contributed by atoms with E-state index in [1.54, 1.807) is 17.0 Å². The summed E-state index contributed by atoms with van der Waals surface area (Å²) in [4.78, 5) is 1.79. The van der Waals surface area contributed by atoms with Gasteiger partial charge in [0, 0.05) is 15.2 Å². The minimum Gasteiger partial charge on any atom is -0.383 e. The number of rotatable bonds is 1. The number of aromatic amines is 1. The van der Waals surface area contributed by atoms with Gasteiger partial charge in [-0.25, -0.2) is 8.42 Å². The zero-order chi connectivity index (χ0) is 17.1. The second-order valence-electron chi connectivity index (χ2n) is 5.22. The number of hydrogen-bond donors (Lipinski definition) is 2. The van der Waals surface area contributed by atoms with Gasteiger partial charge in [-0.1, -0.05) is 27.5 Å². The first-order valence-electron chi connectivity index (χ1n) is 6.84. The van der Waals surface area contributed by atoms with Crippen molar-refractivity contribution in [2.24, 2.45) is 0 Å². The van der Waals surface area contributed by atoms with Crippen molar-refractivity contribution >= 4 is 60.4 Å². The van der Waals surface area contributed by atoms with Gasteiger partial charge in [0.25, 0.3) is 0 Å². The lowest BCUT2D eigenvalue weighted by molar-refractivity contribution is 0.595. The molecule has 3 N–H and O–H groups in total. The Morgan fingerprint density at radius 2 is 1.88 bits per heavy atom. The number of H-pyrrole nitrogens is 1. The molecule has 0 fully saturated rings. The minimum atomic E-state index is -3.81. The van der Waals surface area contributed by atoms with Gasteiger partial charge < -0.3 is 5.73 Å². The monoisotopic (exact) mass is 424 g/mol. The molecule has 0 saturated heterocycles. The summed E-state index contributed by atoms with van der Waals surface area (Å²) in [6.07, 6.45) is 0. The standard InChI is InChI=1S/C15H10BrClN4O2S/c16-8-1-4-10(5-2-8)21-11-6-3-9(17)7-12(11)24(22,23)13-14(18)19-20-15(13)21/h1-7H,(H3,18,19,20). The molecule has 24 heavy (non-hydrogen) atoms. The molecular weight excluding hydrogens is 416 g/mol. The maximum absolute atomic E-state index is 12.9. The predicted octanol–water partition coefficient (Wildman–Crippen LogP) is 4.02. The zero-order valence-electron chi connectivity index (χ0n) is 12.0. The average molecular weight is 426 g/mol. The van der Waals surface area contributed by atoms with Crippen molar-refractivity contribution in [2.75, 3.05) is 10.6 Å². The first-order valence-corrected chi connectivity index (χ1v) is 9.49. The summed E-state index contributed by atoms with van der Waals surface area (Å²) in [6.45, 7) is 0. The number of anilines is 4. The van der Waals surface area contributed by atoms with Crippen molar-refractivity contribution in [3.05, 3.63) is 52.0 Å². The van der Waals surface area contributed by atoms with Crippen LogP contribution in [-0.4, -0.2) is 18.6 Å². The maximum atomic E-state index is 12.9. The number of hydrogen-bond acceptors (Lipinski definition) is 5. The van der Waals surface area contributed by atoms with Crippen LogP contribution in [0.3, 0.4) is 0 Å². The van der Waals surface area contributed by atoms with Crippen LogP contribution in [0.25, 0.3) is 0 Å². The summed E-state index contributed by atoms with van der Waals surface area (Å²) in [6, 6.07) is 12.2. The number of nitrogen functional groups attached to an aromatic ring is 1. The second-order valence-corrected chi connectivity index (χ2v) is 8.42. The Morgan fingerprint density at radius 3 is 2.58 bits per heavy atom. The fraction of sp³-hybridized carbons (Fsp3) is 0. The molecule has 0 saturated carbocycles. The van der Waals surface area contributed by atoms with Crippen molar-refractivity contribution in [1.29, 1.82) is 0 Å². The molecule has 4 rings (SSSR count). The third-order valence-electron chi connectivity index (χ3n) is 3.75. The fourth-order valence-electron chi connectivity index (χ4n) is 2.72. The summed E-state index contributed by atoms with van der Waals surface area (Å²) in [7, 11) is -3.81. The van der Waals surface area contributed by atoms with Gasteiger partial charge >= 0.3 is 0 Å². The van der Waals surface area contributed by atoms with Gasteiger partial charge in [-0.05, 0) is 42.5 Å². The van der Waals surface area contributed by atoms with Crippen molar-refractivity contribution in [1.82, 2.24) is 10.2 Å². The molecule has 9 heteroatoms. The molecular formula is C15H10BrClN4O2S. The molecule has 0 radical (unpaired) electrons. The molecule has 1 aromatic heterocycles. The maximum Gasteiger partial charge on any atom is 0.216 e. The molecule has 0 spiro atoms.